The van der Waals surface area contributed by atoms with E-state index in [4.69, 9.17) is 5.73 Å². The zero-order valence-corrected chi connectivity index (χ0v) is 9.29. The molecule has 0 saturated heterocycles. The minimum Gasteiger partial charge on any atom is -0.328 e. The van der Waals surface area contributed by atoms with Gasteiger partial charge >= 0.3 is 0 Å². The first-order valence-corrected chi connectivity index (χ1v) is 5.20. The van der Waals surface area contributed by atoms with Gasteiger partial charge in [-0.15, -0.1) is 6.58 Å². The van der Waals surface area contributed by atoms with Crippen LogP contribution in [0.3, 0.4) is 0 Å². The van der Waals surface area contributed by atoms with Gasteiger partial charge in [-0.1, -0.05) is 19.9 Å². The van der Waals surface area contributed by atoms with E-state index in [0.29, 0.717) is 5.92 Å². The lowest BCUT2D eigenvalue weighted by Crippen LogP contribution is -2.36. The quantitative estimate of drug-likeness (QED) is 0.612. The van der Waals surface area contributed by atoms with Crippen LogP contribution in [0.2, 0.25) is 0 Å². The molecule has 2 unspecified atom stereocenters. The molecule has 2 atom stereocenters. The van der Waals surface area contributed by atoms with E-state index in [1.54, 1.807) is 0 Å². The van der Waals surface area contributed by atoms with Crippen molar-refractivity contribution in [2.24, 2.45) is 11.7 Å². The first-order chi connectivity index (χ1) is 6.11. The fourth-order valence-corrected chi connectivity index (χ4v) is 1.33. The zero-order valence-electron chi connectivity index (χ0n) is 9.29. The first kappa shape index (κ1) is 12.7. The van der Waals surface area contributed by atoms with Crippen LogP contribution in [0.15, 0.2) is 12.7 Å². The van der Waals surface area contributed by atoms with Crippen molar-refractivity contribution in [2.75, 3.05) is 19.6 Å². The molecule has 78 valence electrons. The highest BCUT2D eigenvalue weighted by molar-refractivity contribution is 4.76. The summed E-state index contributed by atoms with van der Waals surface area (Å²) in [6, 6.07) is 0.282. The molecule has 0 aliphatic heterocycles. The first-order valence-electron chi connectivity index (χ1n) is 5.20. The fourth-order valence-electron chi connectivity index (χ4n) is 1.33. The van der Waals surface area contributed by atoms with E-state index in [-0.39, 0.29) is 6.04 Å². The molecule has 0 saturated carbocycles. The van der Waals surface area contributed by atoms with Gasteiger partial charge in [0.15, 0.2) is 0 Å². The second-order valence-electron chi connectivity index (χ2n) is 3.88. The molecule has 0 spiro atoms. The molecule has 0 rings (SSSR count). The van der Waals surface area contributed by atoms with Crippen LogP contribution in [0.4, 0.5) is 0 Å². The molecule has 2 nitrogen and oxygen atoms in total. The molecule has 0 bridgehead atoms. The Labute approximate surface area is 82.8 Å². The molecule has 0 aromatic heterocycles. The molecule has 0 aliphatic carbocycles. The van der Waals surface area contributed by atoms with Gasteiger partial charge in [0.25, 0.3) is 0 Å². The minimum absolute atomic E-state index is 0.282. The third-order valence-corrected chi connectivity index (χ3v) is 2.37. The van der Waals surface area contributed by atoms with Crippen LogP contribution in [-0.4, -0.2) is 30.6 Å². The monoisotopic (exact) mass is 184 g/mol. The van der Waals surface area contributed by atoms with Gasteiger partial charge in [0.2, 0.25) is 0 Å². The highest BCUT2D eigenvalue weighted by Crippen LogP contribution is 2.04. The van der Waals surface area contributed by atoms with Crippen LogP contribution in [-0.2, 0) is 0 Å². The largest absolute Gasteiger partial charge is 0.328 e. The van der Waals surface area contributed by atoms with Gasteiger partial charge in [0, 0.05) is 19.1 Å². The predicted molar refractivity (Wildman–Crippen MR) is 59.7 cm³/mol. The van der Waals surface area contributed by atoms with Crippen molar-refractivity contribution in [3.8, 4) is 0 Å². The average molecular weight is 184 g/mol. The van der Waals surface area contributed by atoms with Crippen molar-refractivity contribution in [2.45, 2.75) is 33.2 Å². The summed E-state index contributed by atoms with van der Waals surface area (Å²) in [4.78, 5) is 2.40. The van der Waals surface area contributed by atoms with E-state index >= 15 is 0 Å². The SMILES string of the molecule is C=CCN(CCC)CC(C)C(C)N. The normalized spacial score (nSPS) is 15.8. The molecular weight excluding hydrogens is 160 g/mol. The molecule has 0 radical (unpaired) electrons. The molecule has 2 heteroatoms. The number of nitrogens with two attached hydrogens (primary N) is 1. The van der Waals surface area contributed by atoms with Crippen molar-refractivity contribution >= 4 is 0 Å². The summed E-state index contributed by atoms with van der Waals surface area (Å²) in [5.74, 6) is 0.562. The summed E-state index contributed by atoms with van der Waals surface area (Å²) in [7, 11) is 0. The minimum atomic E-state index is 0.282. The smallest absolute Gasteiger partial charge is 0.0160 e. The molecule has 2 N–H and O–H groups in total. The second-order valence-corrected chi connectivity index (χ2v) is 3.88. The Morgan fingerprint density at radius 1 is 1.46 bits per heavy atom. The van der Waals surface area contributed by atoms with Crippen molar-refractivity contribution < 1.29 is 0 Å². The lowest BCUT2D eigenvalue weighted by molar-refractivity contribution is 0.246. The van der Waals surface area contributed by atoms with Gasteiger partial charge in [-0.25, -0.2) is 0 Å². The van der Waals surface area contributed by atoms with Crippen LogP contribution in [0.1, 0.15) is 27.2 Å². The predicted octanol–water partition coefficient (Wildman–Crippen LogP) is 1.87. The molecule has 0 fully saturated rings. The van der Waals surface area contributed by atoms with Crippen molar-refractivity contribution in [3.63, 3.8) is 0 Å². The maximum Gasteiger partial charge on any atom is 0.0160 e. The standard InChI is InChI=1S/C11H24N2/c1-5-7-13(8-6-2)9-10(3)11(4)12/h5,10-11H,1,6-9,12H2,2-4H3. The van der Waals surface area contributed by atoms with Gasteiger partial charge in [-0.3, -0.25) is 4.90 Å². The molecule has 13 heavy (non-hydrogen) atoms. The molecule has 0 amide bonds. The van der Waals surface area contributed by atoms with Gasteiger partial charge in [-0.2, -0.15) is 0 Å². The van der Waals surface area contributed by atoms with Crippen molar-refractivity contribution in [1.29, 1.82) is 0 Å². The van der Waals surface area contributed by atoms with E-state index in [1.807, 2.05) is 6.08 Å². The summed E-state index contributed by atoms with van der Waals surface area (Å²) in [5.41, 5.74) is 5.82. The Morgan fingerprint density at radius 3 is 2.46 bits per heavy atom. The van der Waals surface area contributed by atoms with Crippen molar-refractivity contribution in [3.05, 3.63) is 12.7 Å². The third-order valence-electron chi connectivity index (χ3n) is 2.37. The number of hydrogen-bond acceptors (Lipinski definition) is 2. The average Bonchev–Trinajstić information content (AvgIpc) is 2.05. The Balaban J connectivity index is 3.85. The lowest BCUT2D eigenvalue weighted by Gasteiger charge is -2.25. The maximum absolute atomic E-state index is 5.82. The van der Waals surface area contributed by atoms with E-state index < -0.39 is 0 Å². The Hall–Kier alpha value is -0.340. The topological polar surface area (TPSA) is 29.3 Å². The number of nitrogens with zero attached hydrogens (tertiary/aromatic N) is 1. The Morgan fingerprint density at radius 2 is 2.08 bits per heavy atom. The number of hydrogen-bond donors (Lipinski definition) is 1. The van der Waals surface area contributed by atoms with Gasteiger partial charge in [0.1, 0.15) is 0 Å². The highest BCUT2D eigenvalue weighted by Gasteiger charge is 2.11. The highest BCUT2D eigenvalue weighted by atomic mass is 15.1. The van der Waals surface area contributed by atoms with Gasteiger partial charge in [-0.05, 0) is 25.8 Å². The van der Waals surface area contributed by atoms with Crippen LogP contribution < -0.4 is 5.73 Å². The molecule has 0 aromatic rings. The van der Waals surface area contributed by atoms with E-state index in [9.17, 15) is 0 Å². The van der Waals surface area contributed by atoms with Crippen LogP contribution >= 0.6 is 0 Å². The van der Waals surface area contributed by atoms with Gasteiger partial charge < -0.3 is 5.73 Å². The summed E-state index contributed by atoms with van der Waals surface area (Å²) < 4.78 is 0. The lowest BCUT2D eigenvalue weighted by atomic mass is 10.0. The number of rotatable bonds is 7. The van der Waals surface area contributed by atoms with Gasteiger partial charge in [0.05, 0.1) is 0 Å². The second kappa shape index (κ2) is 7.10. The Bertz CT molecular complexity index is 132. The van der Waals surface area contributed by atoms with E-state index in [0.717, 1.165) is 19.6 Å². The van der Waals surface area contributed by atoms with Crippen molar-refractivity contribution in [1.82, 2.24) is 4.90 Å². The van der Waals surface area contributed by atoms with E-state index in [1.165, 1.54) is 6.42 Å². The third kappa shape index (κ3) is 5.83. The van der Waals surface area contributed by atoms with Crippen LogP contribution in [0.25, 0.3) is 0 Å². The van der Waals surface area contributed by atoms with E-state index in [2.05, 4.69) is 32.3 Å². The van der Waals surface area contributed by atoms with Crippen LogP contribution in [0.5, 0.6) is 0 Å². The summed E-state index contributed by atoms with van der Waals surface area (Å²) in [6.07, 6.45) is 3.16. The molecule has 0 aromatic carbocycles. The van der Waals surface area contributed by atoms with Crippen LogP contribution in [0, 0.1) is 5.92 Å². The maximum atomic E-state index is 5.82. The summed E-state index contributed by atoms with van der Waals surface area (Å²) in [6.45, 7) is 13.4. The molecular formula is C11H24N2. The zero-order chi connectivity index (χ0) is 10.3. The summed E-state index contributed by atoms with van der Waals surface area (Å²) in [5, 5.41) is 0. The molecule has 0 aliphatic rings. The molecule has 0 heterocycles. The Kier molecular flexibility index (Phi) is 6.92. The summed E-state index contributed by atoms with van der Waals surface area (Å²) >= 11 is 0. The fraction of sp³-hybridized carbons (Fsp3) is 0.818.